The molecule has 10 nitrogen and oxygen atoms in total. The lowest BCUT2D eigenvalue weighted by Gasteiger charge is -2.52. The number of aromatic nitrogens is 1. The fraction of sp³-hybridized carbons (Fsp3) is 0.393. The summed E-state index contributed by atoms with van der Waals surface area (Å²) in [4.78, 5) is 45.3. The lowest BCUT2D eigenvalue weighted by Crippen LogP contribution is -2.67. The average Bonchev–Trinajstić information content (AvgIpc) is 3.61. The molecule has 0 aliphatic carbocycles. The van der Waals surface area contributed by atoms with E-state index in [2.05, 4.69) is 0 Å². The van der Waals surface area contributed by atoms with Gasteiger partial charge in [0, 0.05) is 32.7 Å². The van der Waals surface area contributed by atoms with Crippen LogP contribution in [0, 0.1) is 21.4 Å². The number of carboxylic acids is 1. The Morgan fingerprint density at radius 2 is 1.95 bits per heavy atom. The minimum absolute atomic E-state index is 0.0420. The van der Waals surface area contributed by atoms with Gasteiger partial charge in [0.2, 0.25) is 5.91 Å². The minimum Gasteiger partial charge on any atom is -0.543 e. The lowest BCUT2D eigenvalue weighted by molar-refractivity contribution is -0.384. The molecular weight excluding hydrogens is 615 g/mol. The number of aliphatic hydroxyl groups excluding tert-OH is 1. The molecule has 4 heterocycles. The number of nitro benzene ring substituents is 1. The number of carbonyl (C=O) groups excluding carboxylic acids is 2. The Kier molecular flexibility index (Phi) is 8.24. The molecule has 0 spiro atoms. The van der Waals surface area contributed by atoms with Crippen LogP contribution >= 0.6 is 34.4 Å². The predicted molar refractivity (Wildman–Crippen MR) is 162 cm³/mol. The molecule has 14 heteroatoms. The maximum Gasteiger partial charge on any atom is 0.269 e. The molecule has 3 aromatic rings. The normalized spacial score (nSPS) is 22.7. The van der Waals surface area contributed by atoms with Crippen LogP contribution in [-0.4, -0.2) is 52.3 Å². The molecule has 4 atom stereocenters. The Bertz CT molecular complexity index is 1580. The standard InChI is InChI=1S/C28H31N3O7S3Si/c1-15(38-42(3,4)5)21-23-28(2,12-16-6-8-17(9-7-16)31(36)37)24(22(26(34)35)30(23)25(21)33)41-27-29-19(14-39-27)20-11-10-18(13-32)40-20/h6-11,14-15,21,23,32H,12-13H2,1-5H3,(H,34,35)/p-1/t15-,21-,23+,28-/m1/s1. The van der Waals surface area contributed by atoms with E-state index in [9.17, 15) is 29.9 Å². The maximum atomic E-state index is 13.6. The highest BCUT2D eigenvalue weighted by atomic mass is 32.2. The maximum absolute atomic E-state index is 13.6. The number of thiazole rings is 1. The van der Waals surface area contributed by atoms with Crippen molar-refractivity contribution in [2.45, 2.75) is 63.0 Å². The summed E-state index contributed by atoms with van der Waals surface area (Å²) >= 11 is 4.01. The Morgan fingerprint density at radius 1 is 1.26 bits per heavy atom. The number of non-ortho nitro benzene ring substituents is 1. The first-order valence-electron chi connectivity index (χ1n) is 13.3. The minimum atomic E-state index is -2.03. The summed E-state index contributed by atoms with van der Waals surface area (Å²) < 4.78 is 6.92. The van der Waals surface area contributed by atoms with Crippen LogP contribution in [0.15, 0.2) is 56.7 Å². The second kappa shape index (κ2) is 11.3. The number of β-lactam (4-membered cyclic amide) rings is 1. The zero-order valence-corrected chi connectivity index (χ0v) is 27.1. The first-order chi connectivity index (χ1) is 19.7. The van der Waals surface area contributed by atoms with E-state index in [-0.39, 0.29) is 23.9 Å². The van der Waals surface area contributed by atoms with Gasteiger partial charge in [-0.15, -0.1) is 22.7 Å². The number of thioether (sulfide) groups is 1. The van der Waals surface area contributed by atoms with E-state index in [0.29, 0.717) is 21.4 Å². The summed E-state index contributed by atoms with van der Waals surface area (Å²) in [7, 11) is -2.03. The van der Waals surface area contributed by atoms with E-state index in [0.717, 1.165) is 15.3 Å². The number of thiophene rings is 1. The third-order valence-electron chi connectivity index (χ3n) is 7.47. The molecule has 2 aliphatic rings. The number of nitro groups is 1. The lowest BCUT2D eigenvalue weighted by atomic mass is 9.67. The second-order valence-electron chi connectivity index (χ2n) is 11.6. The van der Waals surface area contributed by atoms with E-state index in [1.165, 1.54) is 51.5 Å². The number of rotatable bonds is 11. The van der Waals surface area contributed by atoms with Crippen molar-refractivity contribution in [3.8, 4) is 10.6 Å². The number of carboxylic acid groups (broad SMARTS) is 1. The van der Waals surface area contributed by atoms with Crippen LogP contribution in [0.3, 0.4) is 0 Å². The average molecular weight is 645 g/mol. The van der Waals surface area contributed by atoms with Crippen LogP contribution in [-0.2, 0) is 27.0 Å². The first kappa shape index (κ1) is 30.6. The Balaban J connectivity index is 1.56. The van der Waals surface area contributed by atoms with Crippen LogP contribution in [0.1, 0.15) is 24.3 Å². The van der Waals surface area contributed by atoms with Crippen molar-refractivity contribution in [2.75, 3.05) is 0 Å². The van der Waals surface area contributed by atoms with E-state index in [4.69, 9.17) is 9.41 Å². The summed E-state index contributed by atoms with van der Waals surface area (Å²) in [5.41, 5.74) is 0.413. The molecule has 0 saturated carbocycles. The van der Waals surface area contributed by atoms with Crippen molar-refractivity contribution in [3.63, 3.8) is 0 Å². The van der Waals surface area contributed by atoms with Crippen molar-refractivity contribution in [1.29, 1.82) is 0 Å². The summed E-state index contributed by atoms with van der Waals surface area (Å²) in [5, 5.41) is 35.2. The van der Waals surface area contributed by atoms with Gasteiger partial charge in [-0.25, -0.2) is 4.98 Å². The molecule has 1 N–H and O–H groups in total. The molecule has 1 fully saturated rings. The zero-order valence-electron chi connectivity index (χ0n) is 23.7. The molecule has 1 amide bonds. The van der Waals surface area contributed by atoms with Crippen molar-refractivity contribution in [2.24, 2.45) is 11.3 Å². The number of aliphatic hydroxyl groups is 1. The van der Waals surface area contributed by atoms with Gasteiger partial charge in [0.25, 0.3) is 5.69 Å². The summed E-state index contributed by atoms with van der Waals surface area (Å²) in [6.07, 6.45) is -0.0995. The van der Waals surface area contributed by atoms with Gasteiger partial charge < -0.3 is 24.3 Å². The fourth-order valence-corrected chi connectivity index (χ4v) is 10.2. The van der Waals surface area contributed by atoms with Crippen molar-refractivity contribution >= 4 is 60.3 Å². The second-order valence-corrected chi connectivity index (χ2v) is 19.4. The van der Waals surface area contributed by atoms with Crippen LogP contribution in [0.2, 0.25) is 19.6 Å². The van der Waals surface area contributed by atoms with E-state index >= 15 is 0 Å². The predicted octanol–water partition coefficient (Wildman–Crippen LogP) is 4.66. The molecule has 42 heavy (non-hydrogen) atoms. The number of benzene rings is 1. The van der Waals surface area contributed by atoms with Crippen molar-refractivity contribution < 1.29 is 29.2 Å². The molecular formula is C28H30N3O7S3Si-. The number of fused-ring (bicyclic) bond motifs is 1. The molecule has 2 aromatic heterocycles. The smallest absolute Gasteiger partial charge is 0.269 e. The molecule has 1 aromatic carbocycles. The Labute approximate surface area is 256 Å². The molecule has 0 radical (unpaired) electrons. The molecule has 2 aliphatic heterocycles. The number of hydrogen-bond donors (Lipinski definition) is 1. The van der Waals surface area contributed by atoms with Gasteiger partial charge in [-0.05, 0) is 50.7 Å². The van der Waals surface area contributed by atoms with Crippen LogP contribution in [0.5, 0.6) is 0 Å². The SMILES string of the molecule is C[C@@H](O[Si](C)(C)C)[C@H]1C(=O)N2C(C(=O)[O-])=C(Sc3nc(-c4ccc(CO)s4)cs3)[C@](C)(Cc3ccc([N+](=O)[O-])cc3)[C@H]12. The van der Waals surface area contributed by atoms with Crippen LogP contribution in [0.25, 0.3) is 10.6 Å². The third kappa shape index (κ3) is 5.58. The molecule has 1 saturated heterocycles. The summed E-state index contributed by atoms with van der Waals surface area (Å²) in [5.74, 6) is -2.32. The monoisotopic (exact) mass is 644 g/mol. The third-order valence-corrected chi connectivity index (χ3v) is 11.9. The highest BCUT2D eigenvalue weighted by Crippen LogP contribution is 2.60. The van der Waals surface area contributed by atoms with Gasteiger partial charge in [-0.1, -0.05) is 30.8 Å². The molecule has 0 bridgehead atoms. The molecule has 5 rings (SSSR count). The van der Waals surface area contributed by atoms with E-state index in [1.54, 1.807) is 12.1 Å². The largest absolute Gasteiger partial charge is 0.543 e. The topological polar surface area (TPSA) is 146 Å². The van der Waals surface area contributed by atoms with Gasteiger partial charge >= 0.3 is 0 Å². The van der Waals surface area contributed by atoms with Gasteiger partial charge in [-0.3, -0.25) is 14.9 Å². The van der Waals surface area contributed by atoms with Gasteiger partial charge in [0.15, 0.2) is 12.7 Å². The van der Waals surface area contributed by atoms with Gasteiger partial charge in [0.1, 0.15) is 0 Å². The molecule has 0 unspecified atom stereocenters. The first-order valence-corrected chi connectivity index (χ1v) is 19.2. The van der Waals surface area contributed by atoms with Gasteiger partial charge in [-0.2, -0.15) is 0 Å². The van der Waals surface area contributed by atoms with Crippen LogP contribution in [0.4, 0.5) is 5.69 Å². The van der Waals surface area contributed by atoms with Crippen molar-refractivity contribution in [1.82, 2.24) is 9.88 Å². The summed E-state index contributed by atoms with van der Waals surface area (Å²) in [6, 6.07) is 9.40. The molecule has 222 valence electrons. The number of hydrogen-bond acceptors (Lipinski definition) is 11. The number of aliphatic carboxylic acids is 1. The van der Waals surface area contributed by atoms with E-state index < -0.39 is 42.7 Å². The van der Waals surface area contributed by atoms with Crippen molar-refractivity contribution in [3.05, 3.63) is 72.9 Å². The number of amides is 1. The van der Waals surface area contributed by atoms with Crippen LogP contribution < -0.4 is 5.11 Å². The summed E-state index contributed by atoms with van der Waals surface area (Å²) in [6.45, 7) is 9.86. The van der Waals surface area contributed by atoms with E-state index in [1.807, 2.05) is 51.0 Å². The Morgan fingerprint density at radius 3 is 2.52 bits per heavy atom. The Hall–Kier alpha value is -2.88. The number of carbonyl (C=O) groups is 2. The highest BCUT2D eigenvalue weighted by Gasteiger charge is 2.65. The highest BCUT2D eigenvalue weighted by molar-refractivity contribution is 8.04. The zero-order chi connectivity index (χ0) is 30.6. The van der Waals surface area contributed by atoms with Gasteiger partial charge in [0.05, 0.1) is 51.8 Å². The quantitative estimate of drug-likeness (QED) is 0.136. The number of nitrogens with zero attached hydrogens (tertiary/aromatic N) is 3. The fourth-order valence-electron chi connectivity index (χ4n) is 5.85.